The first-order valence-corrected chi connectivity index (χ1v) is 5.63. The normalized spacial score (nSPS) is 11.2. The average molecular weight is 262 g/mol. The van der Waals surface area contributed by atoms with E-state index in [2.05, 4.69) is 5.32 Å². The van der Waals surface area contributed by atoms with Crippen molar-refractivity contribution in [2.75, 3.05) is 6.61 Å². The minimum atomic E-state index is -1.10. The van der Waals surface area contributed by atoms with E-state index in [0.29, 0.717) is 12.2 Å². The number of nitrogens with zero attached hydrogens (tertiary/aromatic N) is 1. The maximum Gasteiger partial charge on any atom is 0.325 e. The second-order valence-corrected chi connectivity index (χ2v) is 3.89. The smallest absolute Gasteiger partial charge is 0.325 e. The molecule has 2 N–H and O–H groups in total. The highest BCUT2D eigenvalue weighted by Gasteiger charge is 2.13. The number of hydrogen-bond acceptors (Lipinski definition) is 4. The average Bonchev–Trinajstić information content (AvgIpc) is 2.38. The van der Waals surface area contributed by atoms with Crippen molar-refractivity contribution in [3.05, 3.63) is 29.8 Å². The first kappa shape index (κ1) is 14.5. The van der Waals surface area contributed by atoms with Gasteiger partial charge in [-0.2, -0.15) is 5.26 Å². The molecule has 0 aromatic heterocycles. The summed E-state index contributed by atoms with van der Waals surface area (Å²) in [5, 5.41) is 19.4. The van der Waals surface area contributed by atoms with E-state index in [9.17, 15) is 9.59 Å². The van der Waals surface area contributed by atoms with Crippen LogP contribution in [0.1, 0.15) is 12.5 Å². The van der Waals surface area contributed by atoms with Gasteiger partial charge in [0.05, 0.1) is 12.5 Å². The van der Waals surface area contributed by atoms with Crippen LogP contribution in [0.25, 0.3) is 0 Å². The fourth-order valence-electron chi connectivity index (χ4n) is 1.29. The molecule has 1 amide bonds. The van der Waals surface area contributed by atoms with Crippen molar-refractivity contribution in [3.63, 3.8) is 0 Å². The molecular weight excluding hydrogens is 248 g/mol. The van der Waals surface area contributed by atoms with Crippen molar-refractivity contribution in [1.82, 2.24) is 5.32 Å². The molecule has 0 unspecified atom stereocenters. The van der Waals surface area contributed by atoms with Gasteiger partial charge in [-0.1, -0.05) is 12.1 Å². The number of carboxylic acids is 1. The quantitative estimate of drug-likeness (QED) is 0.787. The molecule has 0 heterocycles. The first-order valence-electron chi connectivity index (χ1n) is 5.63. The van der Waals surface area contributed by atoms with E-state index in [0.717, 1.165) is 5.56 Å². The van der Waals surface area contributed by atoms with Gasteiger partial charge in [-0.05, 0) is 24.6 Å². The SMILES string of the molecule is C[C@H](NC(=O)COc1ccc(CC#N)cc1)C(=O)O. The standard InChI is InChI=1S/C13H14N2O4/c1-9(13(17)18)15-12(16)8-19-11-4-2-10(3-5-11)6-7-14/h2-5,9H,6,8H2,1H3,(H,15,16)(H,17,18)/t9-/m0/s1. The number of nitriles is 1. The summed E-state index contributed by atoms with van der Waals surface area (Å²) in [6.45, 7) is 1.12. The molecule has 6 nitrogen and oxygen atoms in total. The molecule has 19 heavy (non-hydrogen) atoms. The summed E-state index contributed by atoms with van der Waals surface area (Å²) >= 11 is 0. The van der Waals surface area contributed by atoms with Crippen LogP contribution in [0.2, 0.25) is 0 Å². The zero-order valence-electron chi connectivity index (χ0n) is 10.4. The Kier molecular flexibility index (Phi) is 5.35. The van der Waals surface area contributed by atoms with Gasteiger partial charge in [0.25, 0.3) is 5.91 Å². The molecule has 0 bridgehead atoms. The molecule has 1 aromatic carbocycles. The highest BCUT2D eigenvalue weighted by Crippen LogP contribution is 2.12. The summed E-state index contributed by atoms with van der Waals surface area (Å²) in [7, 11) is 0. The van der Waals surface area contributed by atoms with Crippen LogP contribution in [0.4, 0.5) is 0 Å². The topological polar surface area (TPSA) is 99.4 Å². The Balaban J connectivity index is 2.42. The number of aliphatic carboxylic acids is 1. The van der Waals surface area contributed by atoms with Crippen LogP contribution >= 0.6 is 0 Å². The number of ether oxygens (including phenoxy) is 1. The van der Waals surface area contributed by atoms with E-state index in [1.807, 2.05) is 6.07 Å². The lowest BCUT2D eigenvalue weighted by Crippen LogP contribution is -2.40. The van der Waals surface area contributed by atoms with Gasteiger partial charge in [0.2, 0.25) is 0 Å². The van der Waals surface area contributed by atoms with E-state index in [4.69, 9.17) is 15.1 Å². The maximum absolute atomic E-state index is 11.4. The molecule has 6 heteroatoms. The monoisotopic (exact) mass is 262 g/mol. The van der Waals surface area contributed by atoms with Crippen molar-refractivity contribution in [2.45, 2.75) is 19.4 Å². The molecule has 0 spiro atoms. The Morgan fingerprint density at radius 3 is 2.58 bits per heavy atom. The van der Waals surface area contributed by atoms with E-state index in [1.54, 1.807) is 24.3 Å². The van der Waals surface area contributed by atoms with Gasteiger partial charge < -0.3 is 15.2 Å². The molecular formula is C13H14N2O4. The fourth-order valence-corrected chi connectivity index (χ4v) is 1.29. The number of rotatable bonds is 6. The lowest BCUT2D eigenvalue weighted by Gasteiger charge is -2.10. The zero-order valence-corrected chi connectivity index (χ0v) is 10.4. The molecule has 0 saturated carbocycles. The molecule has 0 saturated heterocycles. The predicted octanol–water partition coefficient (Wildman–Crippen LogP) is 0.721. The third-order valence-corrected chi connectivity index (χ3v) is 2.32. The third kappa shape index (κ3) is 5.08. The number of amides is 1. The highest BCUT2D eigenvalue weighted by atomic mass is 16.5. The van der Waals surface area contributed by atoms with Crippen molar-refractivity contribution >= 4 is 11.9 Å². The lowest BCUT2D eigenvalue weighted by molar-refractivity contribution is -0.141. The Morgan fingerprint density at radius 2 is 2.05 bits per heavy atom. The largest absolute Gasteiger partial charge is 0.484 e. The van der Waals surface area contributed by atoms with Gasteiger partial charge in [0.1, 0.15) is 11.8 Å². The highest BCUT2D eigenvalue weighted by molar-refractivity contribution is 5.84. The van der Waals surface area contributed by atoms with E-state index >= 15 is 0 Å². The van der Waals surface area contributed by atoms with Crippen LogP contribution in [0, 0.1) is 11.3 Å². The van der Waals surface area contributed by atoms with Crippen LogP contribution in [0.3, 0.4) is 0 Å². The molecule has 100 valence electrons. The summed E-state index contributed by atoms with van der Waals surface area (Å²) in [5.41, 5.74) is 0.860. The summed E-state index contributed by atoms with van der Waals surface area (Å²) in [4.78, 5) is 21.9. The Labute approximate surface area is 110 Å². The number of nitrogens with one attached hydrogen (secondary N) is 1. The lowest BCUT2D eigenvalue weighted by atomic mass is 10.2. The molecule has 0 radical (unpaired) electrons. The predicted molar refractivity (Wildman–Crippen MR) is 66.5 cm³/mol. The Hall–Kier alpha value is -2.55. The molecule has 0 fully saturated rings. The van der Waals surface area contributed by atoms with Crippen molar-refractivity contribution < 1.29 is 19.4 Å². The van der Waals surface area contributed by atoms with Gasteiger partial charge in [-0.3, -0.25) is 9.59 Å². The summed E-state index contributed by atoms with van der Waals surface area (Å²) in [6, 6.07) is 7.85. The molecule has 0 aliphatic heterocycles. The molecule has 0 aliphatic carbocycles. The van der Waals surface area contributed by atoms with Crippen LogP contribution in [0.5, 0.6) is 5.75 Å². The van der Waals surface area contributed by atoms with E-state index < -0.39 is 17.9 Å². The van der Waals surface area contributed by atoms with Gasteiger partial charge in [0, 0.05) is 0 Å². The maximum atomic E-state index is 11.4. The van der Waals surface area contributed by atoms with E-state index in [1.165, 1.54) is 6.92 Å². The van der Waals surface area contributed by atoms with Gasteiger partial charge in [-0.25, -0.2) is 0 Å². The first-order chi connectivity index (χ1) is 9.02. The minimum absolute atomic E-state index is 0.255. The summed E-state index contributed by atoms with van der Waals surface area (Å²) in [6.07, 6.45) is 0.316. The summed E-state index contributed by atoms with van der Waals surface area (Å²) in [5.74, 6) is -1.12. The molecule has 1 atom stereocenters. The number of hydrogen-bond donors (Lipinski definition) is 2. The number of benzene rings is 1. The molecule has 0 aliphatic rings. The van der Waals surface area contributed by atoms with Crippen molar-refractivity contribution in [1.29, 1.82) is 5.26 Å². The van der Waals surface area contributed by atoms with Gasteiger partial charge in [0.15, 0.2) is 6.61 Å². The Bertz CT molecular complexity index is 490. The zero-order chi connectivity index (χ0) is 14.3. The Morgan fingerprint density at radius 1 is 1.42 bits per heavy atom. The second kappa shape index (κ2) is 7.01. The van der Waals surface area contributed by atoms with E-state index in [-0.39, 0.29) is 6.61 Å². The fraction of sp³-hybridized carbons (Fsp3) is 0.308. The van der Waals surface area contributed by atoms with Crippen molar-refractivity contribution in [3.8, 4) is 11.8 Å². The van der Waals surface area contributed by atoms with Crippen molar-refractivity contribution in [2.24, 2.45) is 0 Å². The third-order valence-electron chi connectivity index (χ3n) is 2.32. The molecule has 1 rings (SSSR count). The van der Waals surface area contributed by atoms with Crippen LogP contribution < -0.4 is 10.1 Å². The summed E-state index contributed by atoms with van der Waals surface area (Å²) < 4.78 is 5.19. The second-order valence-electron chi connectivity index (χ2n) is 3.89. The number of carbonyl (C=O) groups excluding carboxylic acids is 1. The number of carboxylic acid groups (broad SMARTS) is 1. The van der Waals surface area contributed by atoms with Gasteiger partial charge >= 0.3 is 5.97 Å². The minimum Gasteiger partial charge on any atom is -0.484 e. The van der Waals surface area contributed by atoms with Crippen LogP contribution in [-0.4, -0.2) is 29.6 Å². The van der Waals surface area contributed by atoms with Gasteiger partial charge in [-0.15, -0.1) is 0 Å². The molecule has 1 aromatic rings. The van der Waals surface area contributed by atoms with Crippen LogP contribution in [-0.2, 0) is 16.0 Å². The van der Waals surface area contributed by atoms with Crippen LogP contribution in [0.15, 0.2) is 24.3 Å². The number of carbonyl (C=O) groups is 2.